The molecule has 0 spiro atoms. The molecule has 0 fully saturated rings. The molecule has 0 saturated carbocycles. The lowest BCUT2D eigenvalue weighted by molar-refractivity contribution is 0.00864. The van der Waals surface area contributed by atoms with Crippen molar-refractivity contribution in [1.82, 2.24) is 15.0 Å². The summed E-state index contributed by atoms with van der Waals surface area (Å²) in [5.41, 5.74) is 7.56. The molecule has 0 saturated heterocycles. The number of aromatic nitrogens is 3. The number of cyclic esters (lactones) is 1. The smallest absolute Gasteiger partial charge is 0.340 e. The molecule has 0 bridgehead atoms. The van der Waals surface area contributed by atoms with E-state index in [1.807, 2.05) is 61.5 Å². The number of anilines is 2. The molecule has 1 unspecified atom stereocenters. The highest BCUT2D eigenvalue weighted by Gasteiger charge is 2.41. The van der Waals surface area contributed by atoms with Gasteiger partial charge in [0.05, 0.1) is 27.5 Å². The number of carbonyl (C=O) groups is 1. The predicted octanol–water partition coefficient (Wildman–Crippen LogP) is 5.80. The topological polar surface area (TPSA) is 153 Å². The minimum Gasteiger partial charge on any atom is -0.474 e. The van der Waals surface area contributed by atoms with Crippen LogP contribution in [0.3, 0.4) is 0 Å². The minimum atomic E-state index is -2.79. The van der Waals surface area contributed by atoms with Crippen LogP contribution in [0.4, 0.5) is 11.6 Å². The summed E-state index contributed by atoms with van der Waals surface area (Å²) in [5.74, 6) is 1.13. The molecule has 1 aliphatic rings. The van der Waals surface area contributed by atoms with Crippen LogP contribution in [0.5, 0.6) is 5.88 Å². The van der Waals surface area contributed by atoms with Crippen molar-refractivity contribution in [2.75, 3.05) is 11.6 Å². The van der Waals surface area contributed by atoms with Gasteiger partial charge in [0, 0.05) is 45.8 Å². The third-order valence-corrected chi connectivity index (χ3v) is 10.8. The summed E-state index contributed by atoms with van der Waals surface area (Å²) in [6, 6.07) is 5.37. The van der Waals surface area contributed by atoms with E-state index in [4.69, 9.17) is 25.0 Å². The maximum atomic E-state index is 12.5. The van der Waals surface area contributed by atoms with Crippen molar-refractivity contribution in [2.45, 2.75) is 96.1 Å². The number of esters is 1. The number of hydrogen-bond donors (Lipinski definition) is 3. The molecule has 4 N–H and O–H groups in total. The Morgan fingerprint density at radius 3 is 2.51 bits per heavy atom. The Hall–Kier alpha value is -3.31. The quantitative estimate of drug-likeness (QED) is 0.266. The van der Waals surface area contributed by atoms with Crippen LogP contribution >= 0.6 is 0 Å². The lowest BCUT2D eigenvalue weighted by Gasteiger charge is -2.36. The van der Waals surface area contributed by atoms with Gasteiger partial charge in [-0.1, -0.05) is 20.8 Å². The van der Waals surface area contributed by atoms with Crippen LogP contribution in [0.15, 0.2) is 30.6 Å². The molecule has 3 aromatic heterocycles. The predicted molar refractivity (Wildman–Crippen MR) is 162 cm³/mol. The second kappa shape index (κ2) is 10.5. The second-order valence-electron chi connectivity index (χ2n) is 12.6. The molecule has 41 heavy (non-hydrogen) atoms. The summed E-state index contributed by atoms with van der Waals surface area (Å²) in [7, 11) is -2.79. The molecule has 222 valence electrons. The summed E-state index contributed by atoms with van der Waals surface area (Å²) in [5, 5.41) is 4.82. The van der Waals surface area contributed by atoms with Crippen molar-refractivity contribution in [3.63, 3.8) is 0 Å². The van der Waals surface area contributed by atoms with Gasteiger partial charge in [0.2, 0.25) is 5.88 Å². The first-order valence-corrected chi connectivity index (χ1v) is 15.8. The standard InChI is InChI=1S/C30H42N6O4S/c1-10-30(8,31)22-16-34-26(39-17(2)14-28(4,5)41(9,32)38)21-15-33-24(13-20(21)22)35-23-12-11-19-25(36-23)29(6,7)18(3)40-27(19)37/h11-13,15-18,32H,10,14,31H2,1-9H3,(H,33,35,36)/t17-,18+,30+,41?/m0/s1. The third kappa shape index (κ3) is 5.88. The van der Waals surface area contributed by atoms with E-state index in [0.717, 1.165) is 10.9 Å². The van der Waals surface area contributed by atoms with E-state index in [2.05, 4.69) is 15.3 Å². The summed E-state index contributed by atoms with van der Waals surface area (Å²) in [6.45, 7) is 15.4. The number of nitrogens with one attached hydrogen (secondary N) is 2. The number of nitrogens with zero attached hydrogens (tertiary/aromatic N) is 3. The SMILES string of the molecule is CC[C@@](C)(N)c1cnc(O[C@@H](C)CC(C)(C)S(C)(=N)=O)c2cnc(Nc3ccc4c(n3)C(C)(C)[C@@H](C)OC4=O)cc12. The minimum absolute atomic E-state index is 0.313. The van der Waals surface area contributed by atoms with Gasteiger partial charge in [-0.15, -0.1) is 0 Å². The highest BCUT2D eigenvalue weighted by molar-refractivity contribution is 7.93. The number of nitrogens with two attached hydrogens (primary N) is 1. The summed E-state index contributed by atoms with van der Waals surface area (Å²) in [6.07, 6.45) is 5.34. The zero-order valence-corrected chi connectivity index (χ0v) is 26.2. The lowest BCUT2D eigenvalue weighted by Crippen LogP contribution is -2.42. The van der Waals surface area contributed by atoms with Gasteiger partial charge in [-0.3, -0.25) is 4.78 Å². The maximum absolute atomic E-state index is 12.5. The Morgan fingerprint density at radius 2 is 1.88 bits per heavy atom. The first-order chi connectivity index (χ1) is 18.9. The molecule has 0 amide bonds. The van der Waals surface area contributed by atoms with Gasteiger partial charge in [0.1, 0.15) is 17.7 Å². The van der Waals surface area contributed by atoms with Gasteiger partial charge in [-0.25, -0.2) is 24.0 Å². The number of carbonyl (C=O) groups excluding carboxylic acids is 1. The van der Waals surface area contributed by atoms with E-state index in [9.17, 15) is 9.00 Å². The van der Waals surface area contributed by atoms with E-state index in [0.29, 0.717) is 47.0 Å². The molecule has 4 heterocycles. The average Bonchev–Trinajstić information content (AvgIpc) is 2.86. The molecule has 10 nitrogen and oxygen atoms in total. The molecule has 0 aliphatic carbocycles. The van der Waals surface area contributed by atoms with Gasteiger partial charge in [0.15, 0.2) is 0 Å². The molecule has 11 heteroatoms. The molecule has 3 aromatic rings. The van der Waals surface area contributed by atoms with E-state index in [-0.39, 0.29) is 18.2 Å². The van der Waals surface area contributed by atoms with Crippen LogP contribution < -0.4 is 15.8 Å². The van der Waals surface area contributed by atoms with Gasteiger partial charge >= 0.3 is 5.97 Å². The van der Waals surface area contributed by atoms with Crippen molar-refractivity contribution in [2.24, 2.45) is 5.73 Å². The van der Waals surface area contributed by atoms with Crippen molar-refractivity contribution < 1.29 is 18.5 Å². The number of pyridine rings is 3. The molecular formula is C30H42N6O4S. The van der Waals surface area contributed by atoms with Crippen molar-refractivity contribution >= 4 is 38.1 Å². The van der Waals surface area contributed by atoms with Gasteiger partial charge < -0.3 is 20.5 Å². The lowest BCUT2D eigenvalue weighted by atomic mass is 9.79. The number of fused-ring (bicyclic) bond motifs is 2. The highest BCUT2D eigenvalue weighted by Crippen LogP contribution is 2.38. The van der Waals surface area contributed by atoms with Gasteiger partial charge in [-0.05, 0) is 70.2 Å². The molecule has 0 radical (unpaired) electrons. The van der Waals surface area contributed by atoms with Gasteiger partial charge in [-0.2, -0.15) is 0 Å². The van der Waals surface area contributed by atoms with E-state index < -0.39 is 25.4 Å². The zero-order chi connectivity index (χ0) is 30.5. The van der Waals surface area contributed by atoms with Crippen molar-refractivity contribution in [3.05, 3.63) is 47.4 Å². The number of hydrogen-bond acceptors (Lipinski definition) is 10. The van der Waals surface area contributed by atoms with Crippen LogP contribution in [-0.4, -0.2) is 48.3 Å². The first kappa shape index (κ1) is 30.6. The average molecular weight is 583 g/mol. The molecule has 4 rings (SSSR count). The largest absolute Gasteiger partial charge is 0.474 e. The zero-order valence-electron chi connectivity index (χ0n) is 25.4. The fraction of sp³-hybridized carbons (Fsp3) is 0.533. The molecule has 0 aromatic carbocycles. The Labute approximate surface area is 242 Å². The van der Waals surface area contributed by atoms with Gasteiger partial charge in [0.25, 0.3) is 0 Å². The van der Waals surface area contributed by atoms with E-state index in [1.165, 1.54) is 6.26 Å². The van der Waals surface area contributed by atoms with E-state index >= 15 is 0 Å². The van der Waals surface area contributed by atoms with Crippen LogP contribution in [0, 0.1) is 4.78 Å². The normalized spacial score (nSPS) is 20.3. The van der Waals surface area contributed by atoms with Crippen LogP contribution in [-0.2, 0) is 25.4 Å². The first-order valence-electron chi connectivity index (χ1n) is 13.8. The van der Waals surface area contributed by atoms with E-state index in [1.54, 1.807) is 24.5 Å². The Kier molecular flexibility index (Phi) is 7.85. The third-order valence-electron chi connectivity index (χ3n) is 8.51. The fourth-order valence-corrected chi connectivity index (χ4v) is 5.43. The fourth-order valence-electron chi connectivity index (χ4n) is 4.88. The van der Waals surface area contributed by atoms with Crippen molar-refractivity contribution in [3.8, 4) is 5.88 Å². The number of ether oxygens (including phenoxy) is 2. The number of rotatable bonds is 9. The second-order valence-corrected chi connectivity index (χ2v) is 15.4. The Balaban J connectivity index is 1.73. The van der Waals surface area contributed by atoms with Crippen molar-refractivity contribution in [1.29, 1.82) is 4.78 Å². The molecular weight excluding hydrogens is 540 g/mol. The Morgan fingerprint density at radius 1 is 1.20 bits per heavy atom. The van der Waals surface area contributed by atoms with Crippen LogP contribution in [0.25, 0.3) is 10.8 Å². The monoisotopic (exact) mass is 582 g/mol. The molecule has 1 aliphatic heterocycles. The van der Waals surface area contributed by atoms with Crippen LogP contribution in [0.1, 0.15) is 89.8 Å². The molecule has 4 atom stereocenters. The summed E-state index contributed by atoms with van der Waals surface area (Å²) >= 11 is 0. The maximum Gasteiger partial charge on any atom is 0.340 e. The highest BCUT2D eigenvalue weighted by atomic mass is 32.2. The summed E-state index contributed by atoms with van der Waals surface area (Å²) < 4.78 is 31.5. The van der Waals surface area contributed by atoms with Crippen LogP contribution in [0.2, 0.25) is 0 Å². The summed E-state index contributed by atoms with van der Waals surface area (Å²) in [4.78, 5) is 26.5. The Bertz CT molecular complexity index is 1600.